The number of carbonyl (C=O) groups excluding carboxylic acids is 3. The Morgan fingerprint density at radius 3 is 1.96 bits per heavy atom. The molecule has 0 atom stereocenters. The fourth-order valence-electron chi connectivity index (χ4n) is 3.18. The molecule has 0 aromatic heterocycles. The Balaban J connectivity index is 1.87. The van der Waals surface area contributed by atoms with Crippen LogP contribution < -0.4 is 0 Å². The zero-order chi connectivity index (χ0) is 17.5. The van der Waals surface area contributed by atoms with Gasteiger partial charge in [-0.25, -0.2) is 4.79 Å². The molecule has 2 amide bonds. The van der Waals surface area contributed by atoms with E-state index in [0.717, 1.165) is 0 Å². The summed E-state index contributed by atoms with van der Waals surface area (Å²) < 4.78 is 40.5. The lowest BCUT2D eigenvalue weighted by atomic mass is 9.73. The van der Waals surface area contributed by atoms with Crippen molar-refractivity contribution in [1.82, 2.24) is 5.06 Å². The van der Waals surface area contributed by atoms with Crippen LogP contribution in [0.5, 0.6) is 0 Å². The minimum atomic E-state index is -4.80. The summed E-state index contributed by atoms with van der Waals surface area (Å²) in [5.74, 6) is -3.46. The largest absolute Gasteiger partial charge is 0.405 e. The van der Waals surface area contributed by atoms with Crippen molar-refractivity contribution in [1.29, 1.82) is 0 Å². The molecule has 1 aromatic carbocycles. The summed E-state index contributed by atoms with van der Waals surface area (Å²) in [6.07, 6.45) is -4.55. The highest BCUT2D eigenvalue weighted by Gasteiger charge is 2.62. The molecular formula is C16H14F3NO4. The van der Waals surface area contributed by atoms with E-state index in [0.29, 0.717) is 6.42 Å². The number of hydrogen-bond donors (Lipinski definition) is 0. The standard InChI is InChI=1S/C16H14F3NO4/c17-16(18,19)15(8-4-1-5-9-15)14(23)24-20-12(21)10-6-2-3-7-11(10)13(20)22/h2-3,6-7H,1,4-5,8-9H2. The Kier molecular flexibility index (Phi) is 3.85. The molecule has 0 N–H and O–H groups in total. The van der Waals surface area contributed by atoms with E-state index in [1.54, 1.807) is 0 Å². The minimum absolute atomic E-state index is 0.00000262. The summed E-state index contributed by atoms with van der Waals surface area (Å²) in [5, 5.41) is 0.134. The summed E-state index contributed by atoms with van der Waals surface area (Å²) in [5.41, 5.74) is -2.67. The molecule has 1 aliphatic carbocycles. The van der Waals surface area contributed by atoms with Crippen LogP contribution in [0.3, 0.4) is 0 Å². The topological polar surface area (TPSA) is 63.7 Å². The number of imide groups is 1. The van der Waals surface area contributed by atoms with Gasteiger partial charge in [-0.3, -0.25) is 9.59 Å². The summed E-state index contributed by atoms with van der Waals surface area (Å²) >= 11 is 0. The molecule has 1 aliphatic heterocycles. The van der Waals surface area contributed by atoms with Crippen molar-refractivity contribution in [2.45, 2.75) is 38.3 Å². The van der Waals surface area contributed by atoms with Gasteiger partial charge in [-0.1, -0.05) is 36.5 Å². The number of fused-ring (bicyclic) bond motifs is 1. The van der Waals surface area contributed by atoms with Gasteiger partial charge in [0.05, 0.1) is 11.1 Å². The third-order valence-electron chi connectivity index (χ3n) is 4.57. The summed E-state index contributed by atoms with van der Waals surface area (Å²) in [4.78, 5) is 41.2. The Morgan fingerprint density at radius 2 is 1.50 bits per heavy atom. The normalized spacial score (nSPS) is 20.0. The molecule has 8 heteroatoms. The van der Waals surface area contributed by atoms with E-state index in [4.69, 9.17) is 0 Å². The van der Waals surface area contributed by atoms with E-state index >= 15 is 0 Å². The second-order valence-corrected chi connectivity index (χ2v) is 5.97. The van der Waals surface area contributed by atoms with Gasteiger partial charge in [-0.15, -0.1) is 0 Å². The molecule has 0 saturated heterocycles. The van der Waals surface area contributed by atoms with Gasteiger partial charge in [0.25, 0.3) is 11.8 Å². The maximum absolute atomic E-state index is 13.5. The van der Waals surface area contributed by atoms with E-state index in [2.05, 4.69) is 4.84 Å². The molecule has 0 bridgehead atoms. The monoisotopic (exact) mass is 341 g/mol. The van der Waals surface area contributed by atoms with Gasteiger partial charge < -0.3 is 4.84 Å². The second-order valence-electron chi connectivity index (χ2n) is 5.97. The number of rotatable bonds is 2. The van der Waals surface area contributed by atoms with Crippen LogP contribution in [0.1, 0.15) is 52.8 Å². The highest BCUT2D eigenvalue weighted by molar-refractivity contribution is 6.20. The van der Waals surface area contributed by atoms with Crippen molar-refractivity contribution in [3.63, 3.8) is 0 Å². The van der Waals surface area contributed by atoms with Crippen molar-refractivity contribution < 1.29 is 32.4 Å². The lowest BCUT2D eigenvalue weighted by Crippen LogP contribution is -2.50. The number of nitrogens with zero attached hydrogens (tertiary/aromatic N) is 1. The van der Waals surface area contributed by atoms with Crippen LogP contribution in [0.15, 0.2) is 24.3 Å². The van der Waals surface area contributed by atoms with Crippen LogP contribution in [0.2, 0.25) is 0 Å². The van der Waals surface area contributed by atoms with Crippen molar-refractivity contribution in [2.75, 3.05) is 0 Å². The predicted octanol–water partition coefficient (Wildman–Crippen LogP) is 3.25. The Hall–Kier alpha value is -2.38. The zero-order valence-corrected chi connectivity index (χ0v) is 12.6. The number of alkyl halides is 3. The molecule has 3 rings (SSSR count). The molecule has 24 heavy (non-hydrogen) atoms. The fourth-order valence-corrected chi connectivity index (χ4v) is 3.18. The molecule has 1 fully saturated rings. The van der Waals surface area contributed by atoms with Crippen LogP contribution in [-0.2, 0) is 9.63 Å². The van der Waals surface area contributed by atoms with Crippen molar-refractivity contribution in [2.24, 2.45) is 5.41 Å². The van der Waals surface area contributed by atoms with E-state index in [1.165, 1.54) is 24.3 Å². The third kappa shape index (κ3) is 2.37. The van der Waals surface area contributed by atoms with Gasteiger partial charge in [0.15, 0.2) is 5.41 Å². The zero-order valence-electron chi connectivity index (χ0n) is 12.6. The SMILES string of the molecule is O=C1c2ccccc2C(=O)N1OC(=O)C1(C(F)(F)F)CCCCC1. The van der Waals surface area contributed by atoms with Gasteiger partial charge in [0, 0.05) is 0 Å². The highest BCUT2D eigenvalue weighted by Crippen LogP contribution is 2.50. The van der Waals surface area contributed by atoms with Crippen molar-refractivity contribution in [3.05, 3.63) is 35.4 Å². The minimum Gasteiger partial charge on any atom is -0.329 e. The second kappa shape index (κ2) is 5.61. The third-order valence-corrected chi connectivity index (χ3v) is 4.57. The number of carbonyl (C=O) groups is 3. The van der Waals surface area contributed by atoms with Crippen molar-refractivity contribution >= 4 is 17.8 Å². The average molecular weight is 341 g/mol. The van der Waals surface area contributed by atoms with Crippen LogP contribution in [0.4, 0.5) is 13.2 Å². The molecule has 1 heterocycles. The van der Waals surface area contributed by atoms with Crippen LogP contribution in [0, 0.1) is 5.41 Å². The first-order valence-electron chi connectivity index (χ1n) is 7.55. The molecule has 1 saturated carbocycles. The van der Waals surface area contributed by atoms with Gasteiger partial charge >= 0.3 is 12.1 Å². The van der Waals surface area contributed by atoms with E-state index in [-0.39, 0.29) is 29.0 Å². The summed E-state index contributed by atoms with van der Waals surface area (Å²) in [6, 6.07) is 5.72. The molecule has 2 aliphatic rings. The molecule has 5 nitrogen and oxygen atoms in total. The van der Waals surface area contributed by atoms with Gasteiger partial charge in [0.1, 0.15) is 0 Å². The maximum atomic E-state index is 13.5. The van der Waals surface area contributed by atoms with Crippen molar-refractivity contribution in [3.8, 4) is 0 Å². The number of hydroxylamine groups is 2. The van der Waals surface area contributed by atoms with Gasteiger partial charge in [0.2, 0.25) is 0 Å². The first-order chi connectivity index (χ1) is 11.3. The van der Waals surface area contributed by atoms with E-state index in [9.17, 15) is 27.6 Å². The molecule has 0 spiro atoms. The van der Waals surface area contributed by atoms with Crippen LogP contribution >= 0.6 is 0 Å². The Morgan fingerprint density at radius 1 is 1.00 bits per heavy atom. The highest BCUT2D eigenvalue weighted by atomic mass is 19.4. The predicted molar refractivity (Wildman–Crippen MR) is 74.6 cm³/mol. The maximum Gasteiger partial charge on any atom is 0.405 e. The molecular weight excluding hydrogens is 327 g/mol. The van der Waals surface area contributed by atoms with Crippen LogP contribution in [0.25, 0.3) is 0 Å². The smallest absolute Gasteiger partial charge is 0.329 e. The molecule has 0 radical (unpaired) electrons. The number of benzene rings is 1. The van der Waals surface area contributed by atoms with Gasteiger partial charge in [-0.05, 0) is 25.0 Å². The first kappa shape index (κ1) is 16.5. The van der Waals surface area contributed by atoms with E-state index < -0.39 is 42.2 Å². The summed E-state index contributed by atoms with van der Waals surface area (Å²) in [7, 11) is 0. The molecule has 1 aromatic rings. The quantitative estimate of drug-likeness (QED) is 0.775. The number of hydrogen-bond acceptors (Lipinski definition) is 4. The summed E-state index contributed by atoms with van der Waals surface area (Å²) in [6.45, 7) is 0. The Labute approximate surface area is 135 Å². The average Bonchev–Trinajstić information content (AvgIpc) is 2.80. The van der Waals surface area contributed by atoms with Gasteiger partial charge in [-0.2, -0.15) is 13.2 Å². The van der Waals surface area contributed by atoms with Crippen LogP contribution in [-0.4, -0.2) is 29.0 Å². The first-order valence-corrected chi connectivity index (χ1v) is 7.55. The van der Waals surface area contributed by atoms with E-state index in [1.807, 2.05) is 0 Å². The lowest BCUT2D eigenvalue weighted by Gasteiger charge is -2.36. The Bertz CT molecular complexity index is 673. The molecule has 128 valence electrons. The molecule has 0 unspecified atom stereocenters. The lowest BCUT2D eigenvalue weighted by molar-refractivity contribution is -0.253. The number of halogens is 3. The fraction of sp³-hybridized carbons (Fsp3) is 0.438. The number of amides is 2.